The molecule has 19 heavy (non-hydrogen) atoms. The largest absolute Gasteiger partial charge is 0.292 e. The molecule has 0 spiro atoms. The summed E-state index contributed by atoms with van der Waals surface area (Å²) in [6, 6.07) is 3.48. The summed E-state index contributed by atoms with van der Waals surface area (Å²) >= 11 is 5.87. The number of rotatable bonds is 4. The molecule has 1 aromatic heterocycles. The van der Waals surface area contributed by atoms with Crippen molar-refractivity contribution in [2.75, 3.05) is 0 Å². The topological polar surface area (TPSA) is 34.9 Å². The van der Waals surface area contributed by atoms with Gasteiger partial charge in [0, 0.05) is 18.5 Å². The Morgan fingerprint density at radius 2 is 2.00 bits per heavy atom. The molecule has 0 N–H and O–H groups in total. The molecule has 1 aromatic carbocycles. The molecule has 0 aliphatic carbocycles. The standard InChI is InChI=1S/C13H11ClF2N2O/c1-2-18-13(9(14)7-17-18)12(19)6-8-10(15)4-3-5-11(8)16/h3-5,7H,2,6H2,1H3. The van der Waals surface area contributed by atoms with Crippen LogP contribution < -0.4 is 0 Å². The fraction of sp³-hybridized carbons (Fsp3) is 0.231. The van der Waals surface area contributed by atoms with Gasteiger partial charge in [-0.1, -0.05) is 17.7 Å². The van der Waals surface area contributed by atoms with Crippen molar-refractivity contribution < 1.29 is 13.6 Å². The normalized spacial score (nSPS) is 10.7. The Hall–Kier alpha value is -1.75. The third-order valence-electron chi connectivity index (χ3n) is 2.76. The molecular formula is C13H11ClF2N2O. The Morgan fingerprint density at radius 1 is 1.37 bits per heavy atom. The molecule has 0 amide bonds. The van der Waals surface area contributed by atoms with E-state index in [9.17, 15) is 13.6 Å². The Kier molecular flexibility index (Phi) is 3.95. The van der Waals surface area contributed by atoms with Crippen molar-refractivity contribution in [1.29, 1.82) is 0 Å². The Labute approximate surface area is 113 Å². The number of Topliss-reactive ketones (excluding diaryl/α,β-unsaturated/α-hetero) is 1. The molecule has 2 rings (SSSR count). The number of carbonyl (C=O) groups is 1. The van der Waals surface area contributed by atoms with Crippen LogP contribution in [-0.2, 0) is 13.0 Å². The number of aromatic nitrogens is 2. The van der Waals surface area contributed by atoms with Crippen LogP contribution in [0.25, 0.3) is 0 Å². The third-order valence-corrected chi connectivity index (χ3v) is 3.03. The van der Waals surface area contributed by atoms with E-state index in [2.05, 4.69) is 5.10 Å². The summed E-state index contributed by atoms with van der Waals surface area (Å²) in [5.41, 5.74) is -0.0840. The van der Waals surface area contributed by atoms with Crippen molar-refractivity contribution >= 4 is 17.4 Å². The lowest BCUT2D eigenvalue weighted by molar-refractivity contribution is 0.0980. The Bertz CT molecular complexity index is 605. The first kappa shape index (κ1) is 13.7. The molecule has 1 heterocycles. The molecule has 0 saturated heterocycles. The minimum Gasteiger partial charge on any atom is -0.292 e. The van der Waals surface area contributed by atoms with Crippen molar-refractivity contribution in [3.05, 3.63) is 52.3 Å². The van der Waals surface area contributed by atoms with Crippen LogP contribution in [0.5, 0.6) is 0 Å². The molecule has 2 aromatic rings. The monoisotopic (exact) mass is 284 g/mol. The van der Waals surface area contributed by atoms with E-state index in [1.54, 1.807) is 6.92 Å². The van der Waals surface area contributed by atoms with Crippen molar-refractivity contribution in [3.63, 3.8) is 0 Å². The van der Waals surface area contributed by atoms with Gasteiger partial charge >= 0.3 is 0 Å². The van der Waals surface area contributed by atoms with Crippen LogP contribution in [0.15, 0.2) is 24.4 Å². The molecule has 0 aliphatic heterocycles. The maximum absolute atomic E-state index is 13.5. The quantitative estimate of drug-likeness (QED) is 0.808. The maximum atomic E-state index is 13.5. The summed E-state index contributed by atoms with van der Waals surface area (Å²) in [6.45, 7) is 2.25. The molecular weight excluding hydrogens is 274 g/mol. The van der Waals surface area contributed by atoms with Crippen LogP contribution in [0.2, 0.25) is 5.02 Å². The number of halogens is 3. The van der Waals surface area contributed by atoms with E-state index in [-0.39, 0.29) is 22.7 Å². The highest BCUT2D eigenvalue weighted by Gasteiger charge is 2.20. The number of aryl methyl sites for hydroxylation is 1. The first-order valence-electron chi connectivity index (χ1n) is 5.72. The Balaban J connectivity index is 2.34. The van der Waals surface area contributed by atoms with Gasteiger partial charge in [-0.25, -0.2) is 8.78 Å². The van der Waals surface area contributed by atoms with Gasteiger partial charge in [-0.15, -0.1) is 0 Å². The van der Waals surface area contributed by atoms with Gasteiger partial charge in [0.05, 0.1) is 11.2 Å². The molecule has 0 unspecified atom stereocenters. The molecule has 0 fully saturated rings. The highest BCUT2D eigenvalue weighted by molar-refractivity contribution is 6.33. The number of benzene rings is 1. The van der Waals surface area contributed by atoms with Gasteiger partial charge in [0.2, 0.25) is 0 Å². The smallest absolute Gasteiger partial charge is 0.186 e. The zero-order valence-electron chi connectivity index (χ0n) is 10.2. The zero-order chi connectivity index (χ0) is 14.0. The van der Waals surface area contributed by atoms with Crippen molar-refractivity contribution in [2.45, 2.75) is 19.9 Å². The average Bonchev–Trinajstić information content (AvgIpc) is 2.75. The lowest BCUT2D eigenvalue weighted by Gasteiger charge is -2.06. The first-order valence-corrected chi connectivity index (χ1v) is 6.09. The summed E-state index contributed by atoms with van der Waals surface area (Å²) in [6.07, 6.45) is 0.958. The van der Waals surface area contributed by atoms with Crippen LogP contribution in [-0.4, -0.2) is 15.6 Å². The average molecular weight is 285 g/mol. The van der Waals surface area contributed by atoms with Gasteiger partial charge in [0.25, 0.3) is 0 Å². The molecule has 100 valence electrons. The summed E-state index contributed by atoms with van der Waals surface area (Å²) in [5.74, 6) is -1.95. The molecule has 0 atom stereocenters. The van der Waals surface area contributed by atoms with Gasteiger partial charge in [0.15, 0.2) is 5.78 Å². The zero-order valence-corrected chi connectivity index (χ0v) is 10.9. The SMILES string of the molecule is CCn1ncc(Cl)c1C(=O)Cc1c(F)cccc1F. The second-order valence-corrected chi connectivity index (χ2v) is 4.36. The fourth-order valence-electron chi connectivity index (χ4n) is 1.82. The van der Waals surface area contributed by atoms with Crippen molar-refractivity contribution in [2.24, 2.45) is 0 Å². The lowest BCUT2D eigenvalue weighted by atomic mass is 10.1. The molecule has 0 bridgehead atoms. The third kappa shape index (κ3) is 2.66. The number of hydrogen-bond donors (Lipinski definition) is 0. The number of carbonyl (C=O) groups excluding carboxylic acids is 1. The van der Waals surface area contributed by atoms with E-state index in [1.165, 1.54) is 16.9 Å². The minimum absolute atomic E-state index is 0.173. The van der Waals surface area contributed by atoms with Crippen LogP contribution in [0, 0.1) is 11.6 Å². The van der Waals surface area contributed by atoms with Crippen LogP contribution >= 0.6 is 11.6 Å². The minimum atomic E-state index is -0.743. The highest BCUT2D eigenvalue weighted by Crippen LogP contribution is 2.20. The Morgan fingerprint density at radius 3 is 2.58 bits per heavy atom. The van der Waals surface area contributed by atoms with E-state index >= 15 is 0 Å². The van der Waals surface area contributed by atoms with Crippen LogP contribution in [0.3, 0.4) is 0 Å². The van der Waals surface area contributed by atoms with Gasteiger partial charge in [-0.05, 0) is 19.1 Å². The summed E-state index contributed by atoms with van der Waals surface area (Å²) in [5, 5.41) is 4.10. The van der Waals surface area contributed by atoms with E-state index in [0.29, 0.717) is 6.54 Å². The summed E-state index contributed by atoms with van der Waals surface area (Å²) < 4.78 is 28.4. The van der Waals surface area contributed by atoms with Crippen LogP contribution in [0.4, 0.5) is 8.78 Å². The fourth-order valence-corrected chi connectivity index (χ4v) is 2.07. The lowest BCUT2D eigenvalue weighted by Crippen LogP contribution is -2.14. The second-order valence-electron chi connectivity index (χ2n) is 3.96. The van der Waals surface area contributed by atoms with Gasteiger partial charge in [-0.2, -0.15) is 5.10 Å². The van der Waals surface area contributed by atoms with E-state index < -0.39 is 17.4 Å². The van der Waals surface area contributed by atoms with E-state index in [1.807, 2.05) is 0 Å². The maximum Gasteiger partial charge on any atom is 0.186 e. The van der Waals surface area contributed by atoms with Gasteiger partial charge in [0.1, 0.15) is 17.3 Å². The molecule has 3 nitrogen and oxygen atoms in total. The van der Waals surface area contributed by atoms with Crippen molar-refractivity contribution in [3.8, 4) is 0 Å². The number of nitrogens with zero attached hydrogens (tertiary/aromatic N) is 2. The summed E-state index contributed by atoms with van der Waals surface area (Å²) in [7, 11) is 0. The first-order chi connectivity index (χ1) is 9.04. The van der Waals surface area contributed by atoms with Gasteiger partial charge < -0.3 is 0 Å². The molecule has 6 heteroatoms. The van der Waals surface area contributed by atoms with Gasteiger partial charge in [-0.3, -0.25) is 9.48 Å². The second kappa shape index (κ2) is 5.48. The molecule has 0 aliphatic rings. The summed E-state index contributed by atoms with van der Waals surface area (Å²) in [4.78, 5) is 12.1. The van der Waals surface area contributed by atoms with Crippen molar-refractivity contribution in [1.82, 2.24) is 9.78 Å². The van der Waals surface area contributed by atoms with E-state index in [0.717, 1.165) is 12.1 Å². The molecule has 0 saturated carbocycles. The number of ketones is 1. The molecule has 0 radical (unpaired) electrons. The van der Waals surface area contributed by atoms with E-state index in [4.69, 9.17) is 11.6 Å². The number of hydrogen-bond acceptors (Lipinski definition) is 2. The predicted molar refractivity (Wildman–Crippen MR) is 67.3 cm³/mol. The highest BCUT2D eigenvalue weighted by atomic mass is 35.5. The predicted octanol–water partition coefficient (Wildman–Crippen LogP) is 3.26. The van der Waals surface area contributed by atoms with Crippen LogP contribution in [0.1, 0.15) is 23.0 Å².